The Morgan fingerprint density at radius 1 is 1.20 bits per heavy atom. The van der Waals surface area contributed by atoms with Gasteiger partial charge in [0.25, 0.3) is 0 Å². The maximum absolute atomic E-state index is 11.9. The summed E-state index contributed by atoms with van der Waals surface area (Å²) in [6, 6.07) is 8.51. The van der Waals surface area contributed by atoms with Crippen LogP contribution in [-0.4, -0.2) is 14.0 Å². The van der Waals surface area contributed by atoms with Crippen molar-refractivity contribution in [1.29, 1.82) is 0 Å². The number of hydrogen-bond acceptors (Lipinski definition) is 2. The van der Waals surface area contributed by atoms with E-state index in [0.717, 1.165) is 19.3 Å². The van der Waals surface area contributed by atoms with Crippen LogP contribution in [0.5, 0.6) is 0 Å². The fraction of sp³-hybridized carbons (Fsp3) is 0.455. The fourth-order valence-corrected chi connectivity index (χ4v) is 3.28. The fourth-order valence-electron chi connectivity index (χ4n) is 1.79. The van der Waals surface area contributed by atoms with Gasteiger partial charge >= 0.3 is 0 Å². The summed E-state index contributed by atoms with van der Waals surface area (Å²) in [7, 11) is -3.33. The summed E-state index contributed by atoms with van der Waals surface area (Å²) >= 11 is 0. The first-order valence-electron chi connectivity index (χ1n) is 5.11. The van der Waals surface area contributed by atoms with Gasteiger partial charge in [-0.1, -0.05) is 18.2 Å². The van der Waals surface area contributed by atoms with Crippen LogP contribution in [0.2, 0.25) is 0 Å². The van der Waals surface area contributed by atoms with E-state index in [-0.39, 0.29) is 5.54 Å². The average molecular weight is 225 g/mol. The van der Waals surface area contributed by atoms with Gasteiger partial charge in [-0.25, -0.2) is 13.1 Å². The van der Waals surface area contributed by atoms with E-state index in [0.29, 0.717) is 4.90 Å². The predicted molar refractivity (Wildman–Crippen MR) is 59.0 cm³/mol. The van der Waals surface area contributed by atoms with Crippen LogP contribution < -0.4 is 4.72 Å². The quantitative estimate of drug-likeness (QED) is 0.854. The molecule has 4 heteroatoms. The van der Waals surface area contributed by atoms with E-state index >= 15 is 0 Å². The highest BCUT2D eigenvalue weighted by Gasteiger charge is 2.35. The Morgan fingerprint density at radius 2 is 1.80 bits per heavy atom. The number of rotatable bonds is 3. The minimum Gasteiger partial charge on any atom is -0.207 e. The first-order valence-corrected chi connectivity index (χ1v) is 6.59. The van der Waals surface area contributed by atoms with Crippen LogP contribution in [0.3, 0.4) is 0 Å². The lowest BCUT2D eigenvalue weighted by molar-refractivity contribution is 0.248. The zero-order chi connectivity index (χ0) is 10.9. The minimum absolute atomic E-state index is 0.228. The van der Waals surface area contributed by atoms with Crippen molar-refractivity contribution in [2.75, 3.05) is 0 Å². The van der Waals surface area contributed by atoms with Gasteiger partial charge in [-0.15, -0.1) is 0 Å². The van der Waals surface area contributed by atoms with Crippen LogP contribution in [0, 0.1) is 0 Å². The summed E-state index contributed by atoms with van der Waals surface area (Å²) in [5.41, 5.74) is -0.228. The maximum atomic E-state index is 11.9. The molecule has 0 amide bonds. The molecule has 0 unspecified atom stereocenters. The van der Waals surface area contributed by atoms with Crippen molar-refractivity contribution >= 4 is 10.0 Å². The Morgan fingerprint density at radius 3 is 2.27 bits per heavy atom. The van der Waals surface area contributed by atoms with Crippen LogP contribution in [-0.2, 0) is 10.0 Å². The summed E-state index contributed by atoms with van der Waals surface area (Å²) in [6.07, 6.45) is 2.96. The van der Waals surface area contributed by atoms with E-state index in [1.807, 2.05) is 13.0 Å². The second kappa shape index (κ2) is 3.61. The molecule has 1 aromatic rings. The van der Waals surface area contributed by atoms with Gasteiger partial charge in [-0.2, -0.15) is 0 Å². The summed E-state index contributed by atoms with van der Waals surface area (Å²) in [6.45, 7) is 1.96. The molecule has 0 atom stereocenters. The molecule has 1 aliphatic carbocycles. The highest BCUT2D eigenvalue weighted by molar-refractivity contribution is 7.89. The molecule has 1 N–H and O–H groups in total. The second-order valence-electron chi connectivity index (χ2n) is 4.33. The van der Waals surface area contributed by atoms with E-state index < -0.39 is 10.0 Å². The van der Waals surface area contributed by atoms with Crippen molar-refractivity contribution in [3.05, 3.63) is 30.3 Å². The lowest BCUT2D eigenvalue weighted by atomic mass is 9.80. The molecular formula is C11H15NO2S. The third-order valence-corrected chi connectivity index (χ3v) is 4.55. The summed E-state index contributed by atoms with van der Waals surface area (Å²) in [5, 5.41) is 0. The molecule has 0 heterocycles. The molecule has 0 aliphatic heterocycles. The van der Waals surface area contributed by atoms with Crippen LogP contribution in [0.25, 0.3) is 0 Å². The van der Waals surface area contributed by atoms with Gasteiger partial charge in [-0.3, -0.25) is 0 Å². The first-order chi connectivity index (χ1) is 7.02. The molecule has 1 aliphatic rings. The van der Waals surface area contributed by atoms with E-state index in [4.69, 9.17) is 0 Å². The molecule has 1 fully saturated rings. The monoisotopic (exact) mass is 225 g/mol. The molecule has 0 saturated heterocycles. The maximum Gasteiger partial charge on any atom is 0.241 e. The number of sulfonamides is 1. The minimum atomic E-state index is -3.33. The molecule has 0 aromatic heterocycles. The molecular weight excluding hydrogens is 210 g/mol. The number of benzene rings is 1. The zero-order valence-electron chi connectivity index (χ0n) is 8.73. The van der Waals surface area contributed by atoms with Gasteiger partial charge in [0.15, 0.2) is 0 Å². The number of hydrogen-bond donors (Lipinski definition) is 1. The molecule has 0 radical (unpaired) electrons. The Labute approximate surface area is 90.6 Å². The second-order valence-corrected chi connectivity index (χ2v) is 6.02. The smallest absolute Gasteiger partial charge is 0.207 e. The largest absolute Gasteiger partial charge is 0.241 e. The van der Waals surface area contributed by atoms with Crippen molar-refractivity contribution < 1.29 is 8.42 Å². The third-order valence-electron chi connectivity index (χ3n) is 2.89. The number of nitrogens with one attached hydrogen (secondary N) is 1. The average Bonchev–Trinajstić information content (AvgIpc) is 2.16. The van der Waals surface area contributed by atoms with E-state index in [9.17, 15) is 8.42 Å². The van der Waals surface area contributed by atoms with Crippen molar-refractivity contribution in [2.24, 2.45) is 0 Å². The van der Waals surface area contributed by atoms with Crippen LogP contribution in [0.1, 0.15) is 26.2 Å². The molecule has 0 bridgehead atoms. The van der Waals surface area contributed by atoms with Gasteiger partial charge in [0.2, 0.25) is 10.0 Å². The Balaban J connectivity index is 2.21. The summed E-state index contributed by atoms with van der Waals surface area (Å²) < 4.78 is 26.6. The highest BCUT2D eigenvalue weighted by atomic mass is 32.2. The van der Waals surface area contributed by atoms with E-state index in [1.54, 1.807) is 24.3 Å². The lowest BCUT2D eigenvalue weighted by Gasteiger charge is -2.38. The Bertz CT molecular complexity index is 435. The van der Waals surface area contributed by atoms with Crippen molar-refractivity contribution in [2.45, 2.75) is 36.6 Å². The molecule has 82 valence electrons. The zero-order valence-corrected chi connectivity index (χ0v) is 9.55. The van der Waals surface area contributed by atoms with Gasteiger partial charge in [-0.05, 0) is 38.3 Å². The summed E-state index contributed by atoms with van der Waals surface area (Å²) in [5.74, 6) is 0. The van der Waals surface area contributed by atoms with Gasteiger partial charge in [0.1, 0.15) is 0 Å². The van der Waals surface area contributed by atoms with Crippen molar-refractivity contribution in [1.82, 2.24) is 4.72 Å². The van der Waals surface area contributed by atoms with Crippen molar-refractivity contribution in [3.63, 3.8) is 0 Å². The van der Waals surface area contributed by atoms with E-state index in [2.05, 4.69) is 4.72 Å². The molecule has 15 heavy (non-hydrogen) atoms. The molecule has 0 spiro atoms. The predicted octanol–water partition coefficient (Wildman–Crippen LogP) is 1.91. The van der Waals surface area contributed by atoms with Gasteiger partial charge in [0, 0.05) is 5.54 Å². The van der Waals surface area contributed by atoms with Crippen LogP contribution >= 0.6 is 0 Å². The SMILES string of the molecule is CC1(NS(=O)(=O)c2ccccc2)CCC1. The van der Waals surface area contributed by atoms with Crippen LogP contribution in [0.15, 0.2) is 35.2 Å². The van der Waals surface area contributed by atoms with Crippen molar-refractivity contribution in [3.8, 4) is 0 Å². The van der Waals surface area contributed by atoms with Gasteiger partial charge in [0.05, 0.1) is 4.90 Å². The molecule has 1 saturated carbocycles. The van der Waals surface area contributed by atoms with Crippen LogP contribution in [0.4, 0.5) is 0 Å². The Kier molecular flexibility index (Phi) is 2.56. The normalized spacial score (nSPS) is 19.5. The highest BCUT2D eigenvalue weighted by Crippen LogP contribution is 2.32. The first kappa shape index (κ1) is 10.6. The standard InChI is InChI=1S/C11H15NO2S/c1-11(8-5-9-11)12-15(13,14)10-6-3-2-4-7-10/h2-4,6-7,12H,5,8-9H2,1H3. The summed E-state index contributed by atoms with van der Waals surface area (Å²) in [4.78, 5) is 0.345. The molecule has 1 aromatic carbocycles. The third kappa shape index (κ3) is 2.21. The molecule has 2 rings (SSSR count). The topological polar surface area (TPSA) is 46.2 Å². The Hall–Kier alpha value is -0.870. The van der Waals surface area contributed by atoms with E-state index in [1.165, 1.54) is 0 Å². The van der Waals surface area contributed by atoms with Gasteiger partial charge < -0.3 is 0 Å². The molecule has 3 nitrogen and oxygen atoms in total. The lowest BCUT2D eigenvalue weighted by Crippen LogP contribution is -2.50.